The standard InChI is InChI=1S/C15H23N3O2S/c1-3-11(2)16-15(20)17-14(19)10-18-8-4-6-12(18)13-7-5-9-21-13/h5,7,9,11-12H,3-4,6,8,10H2,1-2H3,(H2,16,17,19,20)/t11-,12-/m1/s1. The minimum absolute atomic E-state index is 0.0726. The zero-order chi connectivity index (χ0) is 15.2. The van der Waals surface area contributed by atoms with Gasteiger partial charge in [0.15, 0.2) is 0 Å². The predicted molar refractivity (Wildman–Crippen MR) is 84.3 cm³/mol. The number of hydrogen-bond acceptors (Lipinski definition) is 4. The van der Waals surface area contributed by atoms with Crippen molar-refractivity contribution in [2.45, 2.75) is 45.2 Å². The van der Waals surface area contributed by atoms with Crippen LogP contribution in [0, 0.1) is 0 Å². The van der Waals surface area contributed by atoms with Crippen molar-refractivity contribution in [3.63, 3.8) is 0 Å². The summed E-state index contributed by atoms with van der Waals surface area (Å²) in [6.45, 7) is 5.08. The lowest BCUT2D eigenvalue weighted by Gasteiger charge is -2.22. The van der Waals surface area contributed by atoms with Crippen molar-refractivity contribution in [2.75, 3.05) is 13.1 Å². The van der Waals surface area contributed by atoms with Gasteiger partial charge in [0.2, 0.25) is 5.91 Å². The molecular formula is C15H23N3O2S. The van der Waals surface area contributed by atoms with Crippen LogP contribution in [-0.2, 0) is 4.79 Å². The molecule has 1 aliphatic rings. The SMILES string of the molecule is CC[C@@H](C)NC(=O)NC(=O)CN1CCC[C@@H]1c1cccs1. The highest BCUT2D eigenvalue weighted by Gasteiger charge is 2.28. The van der Waals surface area contributed by atoms with Crippen LogP contribution >= 0.6 is 11.3 Å². The molecule has 3 amide bonds. The molecule has 0 saturated carbocycles. The second-order valence-electron chi connectivity index (χ2n) is 5.47. The first-order valence-corrected chi connectivity index (χ1v) is 8.36. The largest absolute Gasteiger partial charge is 0.335 e. The molecule has 0 spiro atoms. The van der Waals surface area contributed by atoms with E-state index in [1.807, 2.05) is 19.9 Å². The summed E-state index contributed by atoms with van der Waals surface area (Å²) in [5.41, 5.74) is 0. The van der Waals surface area contributed by atoms with E-state index in [2.05, 4.69) is 27.0 Å². The Bertz CT molecular complexity index is 475. The van der Waals surface area contributed by atoms with Gasteiger partial charge in [-0.05, 0) is 44.2 Å². The lowest BCUT2D eigenvalue weighted by atomic mass is 10.2. The quantitative estimate of drug-likeness (QED) is 0.878. The van der Waals surface area contributed by atoms with Crippen molar-refractivity contribution < 1.29 is 9.59 Å². The number of thiophene rings is 1. The van der Waals surface area contributed by atoms with Crippen LogP contribution in [0.4, 0.5) is 4.79 Å². The summed E-state index contributed by atoms with van der Waals surface area (Å²) in [5.74, 6) is -0.237. The fourth-order valence-electron chi connectivity index (χ4n) is 2.53. The zero-order valence-corrected chi connectivity index (χ0v) is 13.4. The Morgan fingerprint density at radius 2 is 2.33 bits per heavy atom. The lowest BCUT2D eigenvalue weighted by Crippen LogP contribution is -2.46. The highest BCUT2D eigenvalue weighted by molar-refractivity contribution is 7.10. The molecule has 0 bridgehead atoms. The first-order chi connectivity index (χ1) is 10.1. The van der Waals surface area contributed by atoms with E-state index in [9.17, 15) is 9.59 Å². The molecule has 6 heteroatoms. The topological polar surface area (TPSA) is 61.4 Å². The van der Waals surface area contributed by atoms with Crippen molar-refractivity contribution in [1.29, 1.82) is 0 Å². The second kappa shape index (κ2) is 7.56. The predicted octanol–water partition coefficient (Wildman–Crippen LogP) is 2.51. The fourth-order valence-corrected chi connectivity index (χ4v) is 3.43. The summed E-state index contributed by atoms with van der Waals surface area (Å²) in [4.78, 5) is 27.1. The van der Waals surface area contributed by atoms with Crippen LogP contribution < -0.4 is 10.6 Å². The maximum atomic E-state index is 12.0. The number of likely N-dealkylation sites (tertiary alicyclic amines) is 1. The number of rotatable bonds is 5. The summed E-state index contributed by atoms with van der Waals surface area (Å²) in [6, 6.07) is 4.13. The normalized spacial score (nSPS) is 20.2. The number of nitrogens with zero attached hydrogens (tertiary/aromatic N) is 1. The van der Waals surface area contributed by atoms with Crippen LogP contribution in [0.1, 0.15) is 44.0 Å². The van der Waals surface area contributed by atoms with Crippen molar-refractivity contribution in [1.82, 2.24) is 15.5 Å². The van der Waals surface area contributed by atoms with Crippen molar-refractivity contribution in [3.05, 3.63) is 22.4 Å². The Kier molecular flexibility index (Phi) is 5.76. The summed E-state index contributed by atoms with van der Waals surface area (Å²) in [7, 11) is 0. The van der Waals surface area contributed by atoms with E-state index in [-0.39, 0.29) is 18.5 Å². The van der Waals surface area contributed by atoms with Gasteiger partial charge in [-0.2, -0.15) is 0 Å². The molecule has 0 aromatic carbocycles. The van der Waals surface area contributed by atoms with E-state index in [4.69, 9.17) is 0 Å². The van der Waals surface area contributed by atoms with Gasteiger partial charge in [0.25, 0.3) is 0 Å². The van der Waals surface area contributed by atoms with Crippen LogP contribution in [0.15, 0.2) is 17.5 Å². The van der Waals surface area contributed by atoms with Crippen LogP contribution in [0.5, 0.6) is 0 Å². The number of carbonyl (C=O) groups excluding carboxylic acids is 2. The van der Waals surface area contributed by atoms with Crippen molar-refractivity contribution in [2.24, 2.45) is 0 Å². The van der Waals surface area contributed by atoms with Gasteiger partial charge in [0.05, 0.1) is 6.54 Å². The van der Waals surface area contributed by atoms with Gasteiger partial charge in [-0.15, -0.1) is 11.3 Å². The zero-order valence-electron chi connectivity index (χ0n) is 12.6. The Morgan fingerprint density at radius 3 is 3.00 bits per heavy atom. The summed E-state index contributed by atoms with van der Waals surface area (Å²) in [5, 5.41) is 7.21. The highest BCUT2D eigenvalue weighted by atomic mass is 32.1. The van der Waals surface area contributed by atoms with Gasteiger partial charge in [-0.3, -0.25) is 15.0 Å². The average Bonchev–Trinajstić information content (AvgIpc) is 3.08. The van der Waals surface area contributed by atoms with E-state index in [1.165, 1.54) is 4.88 Å². The fraction of sp³-hybridized carbons (Fsp3) is 0.600. The maximum Gasteiger partial charge on any atom is 0.321 e. The number of hydrogen-bond donors (Lipinski definition) is 2. The minimum atomic E-state index is -0.402. The molecule has 2 atom stereocenters. The molecule has 1 fully saturated rings. The first kappa shape index (κ1) is 16.0. The van der Waals surface area contributed by atoms with Crippen LogP contribution in [0.3, 0.4) is 0 Å². The van der Waals surface area contributed by atoms with Crippen LogP contribution in [0.25, 0.3) is 0 Å². The van der Waals surface area contributed by atoms with Gasteiger partial charge in [0.1, 0.15) is 0 Å². The molecule has 1 aromatic heterocycles. The average molecular weight is 309 g/mol. The second-order valence-corrected chi connectivity index (χ2v) is 6.45. The Balaban J connectivity index is 1.83. The number of urea groups is 1. The van der Waals surface area contributed by atoms with Gasteiger partial charge in [0, 0.05) is 17.0 Å². The highest BCUT2D eigenvalue weighted by Crippen LogP contribution is 2.33. The molecule has 2 heterocycles. The molecule has 2 N–H and O–H groups in total. The van der Waals surface area contributed by atoms with Gasteiger partial charge >= 0.3 is 6.03 Å². The Labute approximate surface area is 129 Å². The maximum absolute atomic E-state index is 12.0. The van der Waals surface area contributed by atoms with Crippen molar-refractivity contribution >= 4 is 23.3 Å². The number of nitrogens with one attached hydrogen (secondary N) is 2. The van der Waals surface area contributed by atoms with E-state index >= 15 is 0 Å². The molecule has 116 valence electrons. The van der Waals surface area contributed by atoms with E-state index < -0.39 is 6.03 Å². The third-order valence-electron chi connectivity index (χ3n) is 3.82. The lowest BCUT2D eigenvalue weighted by molar-refractivity contribution is -0.121. The van der Waals surface area contributed by atoms with Gasteiger partial charge in [-0.1, -0.05) is 13.0 Å². The third kappa shape index (κ3) is 4.54. The third-order valence-corrected chi connectivity index (χ3v) is 4.80. The van der Waals surface area contributed by atoms with Crippen LogP contribution in [-0.4, -0.2) is 36.0 Å². The monoisotopic (exact) mass is 309 g/mol. The molecular weight excluding hydrogens is 286 g/mol. The molecule has 2 rings (SSSR count). The summed E-state index contributed by atoms with van der Waals surface area (Å²) < 4.78 is 0. The van der Waals surface area contributed by atoms with Gasteiger partial charge < -0.3 is 5.32 Å². The van der Waals surface area contributed by atoms with E-state index in [0.717, 1.165) is 25.8 Å². The molecule has 0 radical (unpaired) electrons. The Morgan fingerprint density at radius 1 is 1.52 bits per heavy atom. The van der Waals surface area contributed by atoms with Crippen LogP contribution in [0.2, 0.25) is 0 Å². The molecule has 1 aromatic rings. The summed E-state index contributed by atoms with van der Waals surface area (Å²) in [6.07, 6.45) is 3.01. The number of carbonyl (C=O) groups is 2. The Hall–Kier alpha value is -1.40. The smallest absolute Gasteiger partial charge is 0.321 e. The summed E-state index contributed by atoms with van der Waals surface area (Å²) >= 11 is 1.72. The number of amides is 3. The van der Waals surface area contributed by atoms with Crippen molar-refractivity contribution in [3.8, 4) is 0 Å². The molecule has 21 heavy (non-hydrogen) atoms. The van der Waals surface area contributed by atoms with E-state index in [1.54, 1.807) is 11.3 Å². The van der Waals surface area contributed by atoms with Gasteiger partial charge in [-0.25, -0.2) is 4.79 Å². The molecule has 1 aliphatic heterocycles. The molecule has 0 aliphatic carbocycles. The number of imide groups is 1. The first-order valence-electron chi connectivity index (χ1n) is 7.48. The molecule has 0 unspecified atom stereocenters. The minimum Gasteiger partial charge on any atom is -0.335 e. The van der Waals surface area contributed by atoms with E-state index in [0.29, 0.717) is 6.04 Å². The molecule has 1 saturated heterocycles. The molecule has 5 nitrogen and oxygen atoms in total.